The van der Waals surface area contributed by atoms with Crippen molar-refractivity contribution in [2.45, 2.75) is 13.5 Å². The fraction of sp³-hybridized carbons (Fsp3) is 0.385. The molecule has 5 nitrogen and oxygen atoms in total. The second kappa shape index (κ2) is 5.64. The molecule has 0 spiro atoms. The zero-order chi connectivity index (χ0) is 13.0. The molecule has 0 radical (unpaired) electrons. The van der Waals surface area contributed by atoms with Gasteiger partial charge in [0.25, 0.3) is 0 Å². The molecule has 2 rings (SSSR count). The van der Waals surface area contributed by atoms with Crippen molar-refractivity contribution in [3.05, 3.63) is 35.0 Å². The van der Waals surface area contributed by atoms with Crippen molar-refractivity contribution in [2.75, 3.05) is 20.2 Å². The maximum atomic E-state index is 11.9. The zero-order valence-electron chi connectivity index (χ0n) is 10.6. The van der Waals surface area contributed by atoms with Crippen LogP contribution in [0.15, 0.2) is 29.5 Å². The minimum Gasteiger partial charge on any atom is -0.481 e. The molecule has 1 saturated heterocycles. The third-order valence-electron chi connectivity index (χ3n) is 3.01. The number of rotatable bonds is 4. The van der Waals surface area contributed by atoms with Crippen LogP contribution in [0.1, 0.15) is 12.5 Å². The molecule has 2 N–H and O–H groups in total. The van der Waals surface area contributed by atoms with Crippen molar-refractivity contribution < 1.29 is 9.53 Å². The van der Waals surface area contributed by atoms with Crippen molar-refractivity contribution >= 4 is 5.91 Å². The van der Waals surface area contributed by atoms with Crippen LogP contribution in [0.3, 0.4) is 0 Å². The van der Waals surface area contributed by atoms with Crippen LogP contribution in [-0.2, 0) is 11.3 Å². The second-order valence-electron chi connectivity index (χ2n) is 4.22. The first kappa shape index (κ1) is 12.6. The lowest BCUT2D eigenvalue weighted by Gasteiger charge is -2.21. The van der Waals surface area contributed by atoms with Gasteiger partial charge in [-0.1, -0.05) is 0 Å². The van der Waals surface area contributed by atoms with Crippen LogP contribution in [0.5, 0.6) is 5.88 Å². The number of carbonyl (C=O) groups excluding carboxylic acids is 1. The van der Waals surface area contributed by atoms with E-state index in [-0.39, 0.29) is 5.91 Å². The van der Waals surface area contributed by atoms with Crippen LogP contribution in [0.4, 0.5) is 0 Å². The summed E-state index contributed by atoms with van der Waals surface area (Å²) in [7, 11) is 1.57. The Hall–Kier alpha value is -1.88. The van der Waals surface area contributed by atoms with Gasteiger partial charge in [0.1, 0.15) is 0 Å². The Labute approximate surface area is 106 Å². The molecule has 96 valence electrons. The number of methoxy groups -OCH3 is 1. The molecule has 1 amide bonds. The van der Waals surface area contributed by atoms with Crippen molar-refractivity contribution in [1.29, 1.82) is 0 Å². The normalized spacial score (nSPS) is 13.8. The lowest BCUT2D eigenvalue weighted by atomic mass is 10.0. The number of hydrogen-bond donors (Lipinski definition) is 2. The van der Waals surface area contributed by atoms with Gasteiger partial charge in [-0.2, -0.15) is 0 Å². The van der Waals surface area contributed by atoms with E-state index in [4.69, 9.17) is 4.74 Å². The highest BCUT2D eigenvalue weighted by Gasteiger charge is 2.15. The maximum Gasteiger partial charge on any atom is 0.247 e. The third kappa shape index (κ3) is 2.87. The third-order valence-corrected chi connectivity index (χ3v) is 3.01. The standard InChI is InChI=1S/C13H17N3O2/c1-9(11-7-14-8-11)13(17)16-6-10-3-4-15-12(5-10)18-2/h3-5,14H,6-8H2,1-2H3,(H,16,17). The van der Waals surface area contributed by atoms with E-state index >= 15 is 0 Å². The Morgan fingerprint density at radius 3 is 2.94 bits per heavy atom. The predicted molar refractivity (Wildman–Crippen MR) is 68.2 cm³/mol. The molecule has 0 aliphatic carbocycles. The summed E-state index contributed by atoms with van der Waals surface area (Å²) in [6.45, 7) is 3.99. The minimum atomic E-state index is -0.0118. The highest BCUT2D eigenvalue weighted by molar-refractivity contribution is 5.93. The summed E-state index contributed by atoms with van der Waals surface area (Å²) in [6, 6.07) is 3.67. The quantitative estimate of drug-likeness (QED) is 0.766. The fourth-order valence-electron chi connectivity index (χ4n) is 1.66. The molecular formula is C13H17N3O2. The number of carbonyl (C=O) groups is 1. The monoisotopic (exact) mass is 247 g/mol. The van der Waals surface area contributed by atoms with Gasteiger partial charge >= 0.3 is 0 Å². The molecule has 0 atom stereocenters. The fourth-order valence-corrected chi connectivity index (χ4v) is 1.66. The summed E-state index contributed by atoms with van der Waals surface area (Å²) in [4.78, 5) is 15.9. The van der Waals surface area contributed by atoms with Gasteiger partial charge in [-0.05, 0) is 24.1 Å². The Balaban J connectivity index is 1.92. The van der Waals surface area contributed by atoms with Gasteiger partial charge in [-0.25, -0.2) is 4.98 Å². The summed E-state index contributed by atoms with van der Waals surface area (Å²) in [5.41, 5.74) is 2.97. The number of hydrogen-bond acceptors (Lipinski definition) is 4. The highest BCUT2D eigenvalue weighted by Crippen LogP contribution is 2.10. The van der Waals surface area contributed by atoms with Crippen LogP contribution >= 0.6 is 0 Å². The van der Waals surface area contributed by atoms with E-state index in [0.29, 0.717) is 12.4 Å². The van der Waals surface area contributed by atoms with E-state index in [1.54, 1.807) is 13.3 Å². The Kier molecular flexibility index (Phi) is 3.94. The van der Waals surface area contributed by atoms with Crippen LogP contribution < -0.4 is 15.4 Å². The van der Waals surface area contributed by atoms with E-state index in [1.165, 1.54) is 5.57 Å². The predicted octanol–water partition coefficient (Wildman–Crippen LogP) is 0.626. The van der Waals surface area contributed by atoms with Crippen molar-refractivity contribution in [3.8, 4) is 5.88 Å². The van der Waals surface area contributed by atoms with Gasteiger partial charge in [-0.15, -0.1) is 0 Å². The molecule has 5 heteroatoms. The largest absolute Gasteiger partial charge is 0.481 e. The lowest BCUT2D eigenvalue weighted by molar-refractivity contribution is -0.117. The SMILES string of the molecule is COc1cc(CNC(=O)C(C)=C2CNC2)ccn1. The number of aromatic nitrogens is 1. The molecule has 0 unspecified atom stereocenters. The van der Waals surface area contributed by atoms with E-state index < -0.39 is 0 Å². The summed E-state index contributed by atoms with van der Waals surface area (Å²) in [5.74, 6) is 0.544. The van der Waals surface area contributed by atoms with E-state index in [2.05, 4.69) is 15.6 Å². The van der Waals surface area contributed by atoms with Crippen molar-refractivity contribution in [2.24, 2.45) is 0 Å². The van der Waals surface area contributed by atoms with Crippen LogP contribution in [-0.4, -0.2) is 31.1 Å². The van der Waals surface area contributed by atoms with E-state index in [9.17, 15) is 4.79 Å². The summed E-state index contributed by atoms with van der Waals surface area (Å²) >= 11 is 0. The first-order valence-electron chi connectivity index (χ1n) is 5.87. The van der Waals surface area contributed by atoms with Gasteiger partial charge in [0, 0.05) is 37.5 Å². The lowest BCUT2D eigenvalue weighted by Crippen LogP contribution is -2.37. The molecule has 1 fully saturated rings. The van der Waals surface area contributed by atoms with E-state index in [0.717, 1.165) is 24.2 Å². The van der Waals surface area contributed by atoms with Crippen LogP contribution in [0.2, 0.25) is 0 Å². The summed E-state index contributed by atoms with van der Waals surface area (Å²) in [6.07, 6.45) is 1.67. The molecule has 1 aromatic heterocycles. The van der Waals surface area contributed by atoms with Crippen molar-refractivity contribution in [1.82, 2.24) is 15.6 Å². The highest BCUT2D eigenvalue weighted by atomic mass is 16.5. The number of pyridine rings is 1. The molecule has 0 bridgehead atoms. The average molecular weight is 247 g/mol. The van der Waals surface area contributed by atoms with Crippen molar-refractivity contribution in [3.63, 3.8) is 0 Å². The minimum absolute atomic E-state index is 0.0118. The van der Waals surface area contributed by atoms with Gasteiger partial charge in [-0.3, -0.25) is 4.79 Å². The molecule has 18 heavy (non-hydrogen) atoms. The maximum absolute atomic E-state index is 11.9. The molecule has 1 aliphatic heterocycles. The topological polar surface area (TPSA) is 63.2 Å². The van der Waals surface area contributed by atoms with Crippen LogP contribution in [0.25, 0.3) is 0 Å². The molecular weight excluding hydrogens is 230 g/mol. The van der Waals surface area contributed by atoms with Gasteiger partial charge in [0.2, 0.25) is 11.8 Å². The molecule has 1 aliphatic rings. The van der Waals surface area contributed by atoms with Gasteiger partial charge < -0.3 is 15.4 Å². The first-order chi connectivity index (χ1) is 8.70. The smallest absolute Gasteiger partial charge is 0.247 e. The number of nitrogens with one attached hydrogen (secondary N) is 2. The van der Waals surface area contributed by atoms with Gasteiger partial charge in [0.15, 0.2) is 0 Å². The zero-order valence-corrected chi connectivity index (χ0v) is 10.6. The Morgan fingerprint density at radius 1 is 1.56 bits per heavy atom. The average Bonchev–Trinajstić information content (AvgIpc) is 2.34. The molecule has 0 aromatic carbocycles. The molecule has 1 aromatic rings. The Morgan fingerprint density at radius 2 is 2.33 bits per heavy atom. The number of amides is 1. The van der Waals surface area contributed by atoms with Crippen LogP contribution in [0, 0.1) is 0 Å². The molecule has 0 saturated carbocycles. The number of nitrogens with zero attached hydrogens (tertiary/aromatic N) is 1. The Bertz CT molecular complexity index is 477. The summed E-state index contributed by atoms with van der Waals surface area (Å²) < 4.78 is 5.03. The van der Waals surface area contributed by atoms with Gasteiger partial charge in [0.05, 0.1) is 7.11 Å². The molecule has 2 heterocycles. The van der Waals surface area contributed by atoms with E-state index in [1.807, 2.05) is 19.1 Å². The number of ether oxygens (including phenoxy) is 1. The first-order valence-corrected chi connectivity index (χ1v) is 5.87. The second-order valence-corrected chi connectivity index (χ2v) is 4.22. The summed E-state index contributed by atoms with van der Waals surface area (Å²) in [5, 5.41) is 6.01.